The van der Waals surface area contributed by atoms with Crippen LogP contribution in [0.1, 0.15) is 27.2 Å². The van der Waals surface area contributed by atoms with Gasteiger partial charge < -0.3 is 10.1 Å². The van der Waals surface area contributed by atoms with E-state index in [1.165, 1.54) is 13.1 Å². The number of para-hydroxylation sites is 1. The second kappa shape index (κ2) is 7.72. The average Bonchev–Trinajstić information content (AvgIpc) is 2.54. The number of rotatable bonds is 6. The van der Waals surface area contributed by atoms with E-state index in [0.717, 1.165) is 0 Å². The molecular formula is C17H21N3O4. The van der Waals surface area contributed by atoms with Crippen molar-refractivity contribution < 1.29 is 14.3 Å². The number of aromatic nitrogens is 2. The molecule has 2 rings (SSSR count). The van der Waals surface area contributed by atoms with E-state index in [0.29, 0.717) is 10.9 Å². The summed E-state index contributed by atoms with van der Waals surface area (Å²) in [6, 6.07) is 7.05. The fourth-order valence-corrected chi connectivity index (χ4v) is 2.25. The molecule has 0 unspecified atom stereocenters. The molecule has 0 saturated carbocycles. The number of nitrogens with one attached hydrogen (secondary N) is 1. The van der Waals surface area contributed by atoms with Gasteiger partial charge in [-0.05, 0) is 32.9 Å². The number of aryl methyl sites for hydroxylation is 1. The van der Waals surface area contributed by atoms with Gasteiger partial charge >= 0.3 is 5.97 Å². The first kappa shape index (κ1) is 17.7. The van der Waals surface area contributed by atoms with E-state index in [-0.39, 0.29) is 30.3 Å². The maximum Gasteiger partial charge on any atom is 0.308 e. The fourth-order valence-electron chi connectivity index (χ4n) is 2.25. The van der Waals surface area contributed by atoms with Crippen molar-refractivity contribution in [2.24, 2.45) is 0 Å². The zero-order valence-electron chi connectivity index (χ0n) is 14.0. The molecule has 0 radical (unpaired) electrons. The lowest BCUT2D eigenvalue weighted by Gasteiger charge is -2.15. The number of ether oxygens (including phenoxy) is 1. The van der Waals surface area contributed by atoms with Gasteiger partial charge in [0.2, 0.25) is 5.43 Å². The minimum absolute atomic E-state index is 0.0182. The molecule has 0 bridgehead atoms. The van der Waals surface area contributed by atoms with E-state index in [1.807, 2.05) is 13.8 Å². The Labute approximate surface area is 139 Å². The van der Waals surface area contributed by atoms with E-state index >= 15 is 0 Å². The third-order valence-corrected chi connectivity index (χ3v) is 3.40. The van der Waals surface area contributed by atoms with E-state index in [2.05, 4.69) is 10.4 Å². The van der Waals surface area contributed by atoms with Crippen molar-refractivity contribution in [1.29, 1.82) is 0 Å². The molecule has 1 amide bonds. The highest BCUT2D eigenvalue weighted by Crippen LogP contribution is 2.08. The summed E-state index contributed by atoms with van der Waals surface area (Å²) in [6.07, 6.45) is 0.435. The van der Waals surface area contributed by atoms with Crippen molar-refractivity contribution in [3.05, 3.63) is 40.7 Å². The molecule has 0 fully saturated rings. The third-order valence-electron chi connectivity index (χ3n) is 3.40. The molecule has 0 aliphatic carbocycles. The second-order valence-corrected chi connectivity index (χ2v) is 5.79. The summed E-state index contributed by atoms with van der Waals surface area (Å²) in [6.45, 7) is 5.46. The topological polar surface area (TPSA) is 90.3 Å². The molecule has 2 aromatic rings. The first-order valence-corrected chi connectivity index (χ1v) is 7.83. The standard InChI is InChI=1S/C17H21N3O4/c1-11(2)19-17(23)12(3)24-16(22)8-9-20-14-7-5-4-6-13(14)15(21)10-18-20/h4-7,10-12H,8-9H2,1-3H3,(H,19,23)/t12-/m0/s1. The normalized spacial score (nSPS) is 12.2. The summed E-state index contributed by atoms with van der Waals surface area (Å²) >= 11 is 0. The second-order valence-electron chi connectivity index (χ2n) is 5.79. The lowest BCUT2D eigenvalue weighted by atomic mass is 10.2. The van der Waals surface area contributed by atoms with Crippen molar-refractivity contribution in [1.82, 2.24) is 15.1 Å². The van der Waals surface area contributed by atoms with Crippen LogP contribution in [0.2, 0.25) is 0 Å². The number of fused-ring (bicyclic) bond motifs is 1. The Balaban J connectivity index is 1.99. The monoisotopic (exact) mass is 331 g/mol. The van der Waals surface area contributed by atoms with E-state index in [1.54, 1.807) is 28.9 Å². The Hall–Kier alpha value is -2.70. The van der Waals surface area contributed by atoms with E-state index < -0.39 is 12.1 Å². The highest BCUT2D eigenvalue weighted by Gasteiger charge is 2.18. The molecule has 7 nitrogen and oxygen atoms in total. The van der Waals surface area contributed by atoms with Crippen LogP contribution in [0.5, 0.6) is 0 Å². The summed E-state index contributed by atoms with van der Waals surface area (Å²) in [4.78, 5) is 35.4. The van der Waals surface area contributed by atoms with Gasteiger partial charge in [-0.1, -0.05) is 12.1 Å². The Morgan fingerprint density at radius 1 is 1.25 bits per heavy atom. The molecule has 0 aliphatic heterocycles. The molecule has 24 heavy (non-hydrogen) atoms. The summed E-state index contributed by atoms with van der Waals surface area (Å²) in [5, 5.41) is 7.28. The maximum absolute atomic E-state index is 11.9. The number of carbonyl (C=O) groups excluding carboxylic acids is 2. The van der Waals surface area contributed by atoms with Gasteiger partial charge in [-0.2, -0.15) is 5.10 Å². The largest absolute Gasteiger partial charge is 0.452 e. The minimum atomic E-state index is -0.848. The van der Waals surface area contributed by atoms with Gasteiger partial charge in [0.25, 0.3) is 5.91 Å². The number of amides is 1. The van der Waals surface area contributed by atoms with Crippen molar-refractivity contribution in [3.63, 3.8) is 0 Å². The lowest BCUT2D eigenvalue weighted by molar-refractivity contribution is -0.155. The molecular weight excluding hydrogens is 310 g/mol. The van der Waals surface area contributed by atoms with Crippen LogP contribution in [0.15, 0.2) is 35.3 Å². The highest BCUT2D eigenvalue weighted by atomic mass is 16.5. The number of benzene rings is 1. The predicted octanol–water partition coefficient (Wildman–Crippen LogP) is 1.24. The first-order chi connectivity index (χ1) is 11.4. The average molecular weight is 331 g/mol. The minimum Gasteiger partial charge on any atom is -0.452 e. The quantitative estimate of drug-likeness (QED) is 0.804. The van der Waals surface area contributed by atoms with Crippen LogP contribution in [0.4, 0.5) is 0 Å². The van der Waals surface area contributed by atoms with Crippen LogP contribution >= 0.6 is 0 Å². The summed E-state index contributed by atoms with van der Waals surface area (Å²) in [5.74, 6) is -0.823. The molecule has 128 valence electrons. The molecule has 1 N–H and O–H groups in total. The lowest BCUT2D eigenvalue weighted by Crippen LogP contribution is -2.39. The number of nitrogens with zero attached hydrogens (tertiary/aromatic N) is 2. The van der Waals surface area contributed by atoms with Gasteiger partial charge in [-0.15, -0.1) is 0 Å². The van der Waals surface area contributed by atoms with Gasteiger partial charge in [0.1, 0.15) is 0 Å². The van der Waals surface area contributed by atoms with Gasteiger partial charge in [-0.25, -0.2) is 0 Å². The predicted molar refractivity (Wildman–Crippen MR) is 89.5 cm³/mol. The van der Waals surface area contributed by atoms with Crippen LogP contribution in [0, 0.1) is 0 Å². The van der Waals surface area contributed by atoms with Crippen molar-refractivity contribution in [3.8, 4) is 0 Å². The van der Waals surface area contributed by atoms with Gasteiger partial charge in [0.05, 0.1) is 24.7 Å². The molecule has 0 spiro atoms. The Kier molecular flexibility index (Phi) is 5.68. The molecule has 7 heteroatoms. The molecule has 0 saturated heterocycles. The zero-order chi connectivity index (χ0) is 17.7. The van der Waals surface area contributed by atoms with Crippen LogP contribution in [0.25, 0.3) is 10.9 Å². The molecule has 1 heterocycles. The zero-order valence-corrected chi connectivity index (χ0v) is 14.0. The Morgan fingerprint density at radius 2 is 1.96 bits per heavy atom. The van der Waals surface area contributed by atoms with E-state index in [9.17, 15) is 14.4 Å². The van der Waals surface area contributed by atoms with Gasteiger partial charge in [-0.3, -0.25) is 19.1 Å². The van der Waals surface area contributed by atoms with Crippen molar-refractivity contribution in [2.75, 3.05) is 0 Å². The van der Waals surface area contributed by atoms with Crippen molar-refractivity contribution >= 4 is 22.8 Å². The molecule has 0 aliphatic rings. The number of esters is 1. The van der Waals surface area contributed by atoms with Gasteiger partial charge in [0, 0.05) is 11.4 Å². The number of hydrogen-bond donors (Lipinski definition) is 1. The summed E-state index contributed by atoms with van der Waals surface area (Å²) < 4.78 is 6.70. The smallest absolute Gasteiger partial charge is 0.308 e. The Morgan fingerprint density at radius 3 is 2.67 bits per heavy atom. The Bertz CT molecular complexity index is 798. The highest BCUT2D eigenvalue weighted by molar-refractivity contribution is 5.83. The maximum atomic E-state index is 11.9. The van der Waals surface area contributed by atoms with Crippen LogP contribution < -0.4 is 10.7 Å². The fraction of sp³-hybridized carbons (Fsp3) is 0.412. The van der Waals surface area contributed by atoms with Crippen LogP contribution in [-0.2, 0) is 20.9 Å². The summed E-state index contributed by atoms with van der Waals surface area (Å²) in [7, 11) is 0. The van der Waals surface area contributed by atoms with Gasteiger partial charge in [0.15, 0.2) is 6.10 Å². The number of carbonyl (C=O) groups is 2. The SMILES string of the molecule is CC(C)NC(=O)[C@H](C)OC(=O)CCn1ncc(=O)c2ccccc21. The van der Waals surface area contributed by atoms with Crippen LogP contribution in [0.3, 0.4) is 0 Å². The molecule has 1 aromatic carbocycles. The first-order valence-electron chi connectivity index (χ1n) is 7.83. The molecule has 1 atom stereocenters. The van der Waals surface area contributed by atoms with Crippen molar-refractivity contribution in [2.45, 2.75) is 45.9 Å². The van der Waals surface area contributed by atoms with E-state index in [4.69, 9.17) is 4.74 Å². The summed E-state index contributed by atoms with van der Waals surface area (Å²) in [5.41, 5.74) is 0.492. The number of hydrogen-bond acceptors (Lipinski definition) is 5. The third kappa shape index (κ3) is 4.41. The van der Waals surface area contributed by atoms with Crippen LogP contribution in [-0.4, -0.2) is 33.8 Å². The molecule has 1 aromatic heterocycles.